The maximum Gasteiger partial charge on any atom is 0.200 e. The fraction of sp³-hybridized carbons (Fsp3) is 0.125. The number of Topliss-reactive ketones (excluding diaryl/α,β-unsaturated/α-hetero) is 1. The van der Waals surface area contributed by atoms with E-state index in [1.807, 2.05) is 13.0 Å². The van der Waals surface area contributed by atoms with Gasteiger partial charge < -0.3 is 9.72 Å². The molecule has 0 radical (unpaired) electrons. The molecule has 0 saturated carbocycles. The number of H-pyrrole nitrogens is 1. The minimum Gasteiger partial charge on any atom is -0.452 e. The first-order valence-electron chi connectivity index (χ1n) is 12.5. The van der Waals surface area contributed by atoms with Gasteiger partial charge in [-0.25, -0.2) is 8.78 Å². The summed E-state index contributed by atoms with van der Waals surface area (Å²) in [7, 11) is 0. The topological polar surface area (TPSA) is 84.9 Å². The average Bonchev–Trinajstić information content (AvgIpc) is 2.91. The minimum atomic E-state index is -0.672. The van der Waals surface area contributed by atoms with Crippen molar-refractivity contribution in [2.24, 2.45) is 0 Å². The Hall–Kier alpha value is -4.98. The molecule has 3 aromatic heterocycles. The van der Waals surface area contributed by atoms with Gasteiger partial charge in [-0.1, -0.05) is 18.7 Å². The normalized spacial score (nSPS) is 11.0. The molecule has 2 aromatic carbocycles. The minimum absolute atomic E-state index is 0.0447. The van der Waals surface area contributed by atoms with E-state index in [9.17, 15) is 14.0 Å². The molecule has 0 bridgehead atoms. The number of aryl methyl sites for hydroxylation is 2. The van der Waals surface area contributed by atoms with Crippen LogP contribution in [-0.4, -0.2) is 20.7 Å². The molecule has 8 heteroatoms. The second-order valence-electron chi connectivity index (χ2n) is 9.64. The fourth-order valence-corrected chi connectivity index (χ4v) is 4.52. The Morgan fingerprint density at radius 1 is 1.02 bits per heavy atom. The van der Waals surface area contributed by atoms with Gasteiger partial charge in [0.15, 0.2) is 28.5 Å². The summed E-state index contributed by atoms with van der Waals surface area (Å²) in [5, 5.41) is 0. The highest BCUT2D eigenvalue weighted by Gasteiger charge is 2.19. The Balaban J connectivity index is 1.40. The van der Waals surface area contributed by atoms with Crippen LogP contribution in [0, 0.1) is 25.5 Å². The Bertz CT molecular complexity index is 1880. The number of benzene rings is 2. The number of carbonyl (C=O) groups excluding carboxylic acids is 1. The number of pyridine rings is 3. The number of halogens is 2. The van der Waals surface area contributed by atoms with Crippen molar-refractivity contribution in [1.82, 2.24) is 15.0 Å². The van der Waals surface area contributed by atoms with Crippen LogP contribution in [0.2, 0.25) is 0 Å². The molecule has 6 nitrogen and oxygen atoms in total. The highest BCUT2D eigenvalue weighted by atomic mass is 19.1. The number of aromatic amines is 1. The van der Waals surface area contributed by atoms with Gasteiger partial charge in [0.2, 0.25) is 0 Å². The van der Waals surface area contributed by atoms with E-state index >= 15 is 4.39 Å². The van der Waals surface area contributed by atoms with Crippen LogP contribution in [0.5, 0.6) is 11.5 Å². The van der Waals surface area contributed by atoms with Gasteiger partial charge in [-0.2, -0.15) is 0 Å². The summed E-state index contributed by atoms with van der Waals surface area (Å²) < 4.78 is 34.5. The molecule has 0 aliphatic heterocycles. The highest BCUT2D eigenvalue weighted by molar-refractivity contribution is 5.98. The van der Waals surface area contributed by atoms with Crippen molar-refractivity contribution < 1.29 is 18.3 Å². The number of allylic oxidation sites excluding steroid dienone is 1. The summed E-state index contributed by atoms with van der Waals surface area (Å²) in [6.07, 6.45) is 4.36. The van der Waals surface area contributed by atoms with Crippen LogP contribution in [0.1, 0.15) is 39.7 Å². The van der Waals surface area contributed by atoms with Gasteiger partial charge in [0.05, 0.1) is 11.1 Å². The predicted molar refractivity (Wildman–Crippen MR) is 151 cm³/mol. The largest absolute Gasteiger partial charge is 0.452 e. The maximum atomic E-state index is 15.1. The van der Waals surface area contributed by atoms with Crippen LogP contribution in [-0.2, 0) is 6.42 Å². The average molecular weight is 538 g/mol. The SMILES string of the molecule is C=C(C)c1cnc2c(Oc3ccc(CC(=O)c4c[nH]c(C)c(-c5ccc(F)cc5C)c4=O)cc3F)ccnc2c1. The number of ether oxygens (including phenoxy) is 1. The van der Waals surface area contributed by atoms with Crippen molar-refractivity contribution in [3.8, 4) is 22.6 Å². The zero-order chi connectivity index (χ0) is 28.6. The number of nitrogens with one attached hydrogen (secondary N) is 1. The molecule has 0 atom stereocenters. The number of rotatable bonds is 7. The molecule has 5 aromatic rings. The van der Waals surface area contributed by atoms with Crippen molar-refractivity contribution in [3.63, 3.8) is 0 Å². The highest BCUT2D eigenvalue weighted by Crippen LogP contribution is 2.31. The van der Waals surface area contributed by atoms with Gasteiger partial charge in [0.1, 0.15) is 11.3 Å². The Kier molecular flexibility index (Phi) is 7.09. The number of hydrogen-bond acceptors (Lipinski definition) is 5. The first-order chi connectivity index (χ1) is 19.1. The zero-order valence-electron chi connectivity index (χ0n) is 22.1. The van der Waals surface area contributed by atoms with Crippen molar-refractivity contribution in [2.45, 2.75) is 27.2 Å². The van der Waals surface area contributed by atoms with Crippen molar-refractivity contribution in [1.29, 1.82) is 0 Å². The van der Waals surface area contributed by atoms with Crippen LogP contribution in [0.25, 0.3) is 27.7 Å². The van der Waals surface area contributed by atoms with Crippen LogP contribution in [0.3, 0.4) is 0 Å². The van der Waals surface area contributed by atoms with E-state index in [1.54, 1.807) is 38.4 Å². The molecule has 5 rings (SSSR count). The van der Waals surface area contributed by atoms with E-state index in [0.717, 1.165) is 11.1 Å². The number of hydrogen-bond donors (Lipinski definition) is 1. The van der Waals surface area contributed by atoms with E-state index < -0.39 is 22.8 Å². The van der Waals surface area contributed by atoms with E-state index in [1.165, 1.54) is 36.5 Å². The van der Waals surface area contributed by atoms with Gasteiger partial charge in [-0.05, 0) is 78.9 Å². The quantitative estimate of drug-likeness (QED) is 0.223. The second-order valence-corrected chi connectivity index (χ2v) is 9.64. The molecule has 0 saturated heterocycles. The standard InChI is InChI=1S/C32H25F2N3O3/c1-17(2)21-14-26-31(37-15-21)29(9-10-35-26)40-28-8-5-20(12-25(28)34)13-27(38)24-16-36-19(4)30(32(24)39)23-7-6-22(33)11-18(23)3/h5-12,14-16H,1,13H2,2-4H3,(H,36,39). The van der Waals surface area contributed by atoms with Crippen LogP contribution >= 0.6 is 0 Å². The monoisotopic (exact) mass is 537 g/mol. The van der Waals surface area contributed by atoms with Crippen molar-refractivity contribution in [3.05, 3.63) is 124 Å². The number of fused-ring (bicyclic) bond motifs is 1. The summed E-state index contributed by atoms with van der Waals surface area (Å²) in [4.78, 5) is 38.1. The molecule has 0 aliphatic rings. The van der Waals surface area contributed by atoms with Gasteiger partial charge in [0, 0.05) is 42.3 Å². The summed E-state index contributed by atoms with van der Waals surface area (Å²) in [6, 6.07) is 11.8. The number of ketones is 1. The number of aromatic nitrogens is 3. The van der Waals surface area contributed by atoms with E-state index in [0.29, 0.717) is 44.7 Å². The second kappa shape index (κ2) is 10.6. The lowest BCUT2D eigenvalue weighted by molar-refractivity contribution is 0.0991. The Morgan fingerprint density at radius 3 is 2.55 bits per heavy atom. The number of nitrogens with zero attached hydrogens (tertiary/aromatic N) is 2. The number of carbonyl (C=O) groups is 1. The molecule has 200 valence electrons. The molecule has 40 heavy (non-hydrogen) atoms. The Morgan fingerprint density at radius 2 is 1.82 bits per heavy atom. The molecule has 0 spiro atoms. The van der Waals surface area contributed by atoms with Gasteiger partial charge in [0.25, 0.3) is 0 Å². The van der Waals surface area contributed by atoms with Crippen molar-refractivity contribution in [2.75, 3.05) is 0 Å². The molecule has 0 fully saturated rings. The maximum absolute atomic E-state index is 15.1. The summed E-state index contributed by atoms with van der Waals surface area (Å²) in [5.41, 5.74) is 4.54. The van der Waals surface area contributed by atoms with Crippen LogP contribution in [0.15, 0.2) is 78.5 Å². The lowest BCUT2D eigenvalue weighted by atomic mass is 9.95. The van der Waals surface area contributed by atoms with E-state index in [-0.39, 0.29) is 17.7 Å². The summed E-state index contributed by atoms with van der Waals surface area (Å²) in [6.45, 7) is 9.19. The predicted octanol–water partition coefficient (Wildman–Crippen LogP) is 7.13. The molecular weight excluding hydrogens is 512 g/mol. The zero-order valence-corrected chi connectivity index (χ0v) is 22.1. The fourth-order valence-electron chi connectivity index (χ4n) is 4.52. The molecule has 0 amide bonds. The molecule has 1 N–H and O–H groups in total. The van der Waals surface area contributed by atoms with Gasteiger partial charge in [-0.3, -0.25) is 19.6 Å². The van der Waals surface area contributed by atoms with Crippen molar-refractivity contribution >= 4 is 22.4 Å². The molecule has 0 unspecified atom stereocenters. The molecular formula is C32H25F2N3O3. The van der Waals surface area contributed by atoms with E-state index in [4.69, 9.17) is 4.74 Å². The molecule has 3 heterocycles. The third kappa shape index (κ3) is 5.16. The van der Waals surface area contributed by atoms with Gasteiger partial charge >= 0.3 is 0 Å². The summed E-state index contributed by atoms with van der Waals surface area (Å²) in [5.74, 6) is -1.28. The lowest BCUT2D eigenvalue weighted by Crippen LogP contribution is -2.20. The Labute approximate surface area is 229 Å². The smallest absolute Gasteiger partial charge is 0.200 e. The van der Waals surface area contributed by atoms with Crippen LogP contribution < -0.4 is 10.2 Å². The van der Waals surface area contributed by atoms with Crippen LogP contribution in [0.4, 0.5) is 8.78 Å². The van der Waals surface area contributed by atoms with E-state index in [2.05, 4.69) is 21.5 Å². The third-order valence-corrected chi connectivity index (χ3v) is 6.65. The first-order valence-corrected chi connectivity index (χ1v) is 12.5. The molecule has 0 aliphatic carbocycles. The van der Waals surface area contributed by atoms with Gasteiger partial charge in [-0.15, -0.1) is 0 Å². The summed E-state index contributed by atoms with van der Waals surface area (Å²) >= 11 is 0. The lowest BCUT2D eigenvalue weighted by Gasteiger charge is -2.12. The first kappa shape index (κ1) is 26.6. The third-order valence-electron chi connectivity index (χ3n) is 6.65.